The number of hydrogen-bond acceptors (Lipinski definition) is 1. The van der Waals surface area contributed by atoms with Gasteiger partial charge in [-0.2, -0.15) is 0 Å². The van der Waals surface area contributed by atoms with Gasteiger partial charge in [0, 0.05) is 11.6 Å². The van der Waals surface area contributed by atoms with Crippen molar-refractivity contribution in [2.45, 2.75) is 27.4 Å². The molecular formula is C12H15F3O. The molecule has 0 aromatic heterocycles. The van der Waals surface area contributed by atoms with Crippen LogP contribution in [0.3, 0.4) is 0 Å². The van der Waals surface area contributed by atoms with Crippen LogP contribution in [0, 0.1) is 22.9 Å². The second kappa shape index (κ2) is 4.87. The fourth-order valence-corrected chi connectivity index (χ4v) is 1.14. The van der Waals surface area contributed by atoms with Crippen LogP contribution >= 0.6 is 0 Å². The Labute approximate surface area is 93.2 Å². The minimum Gasteiger partial charge on any atom is -0.376 e. The summed E-state index contributed by atoms with van der Waals surface area (Å²) >= 11 is 0. The van der Waals surface area contributed by atoms with Crippen molar-refractivity contribution >= 4 is 0 Å². The number of halogens is 3. The van der Waals surface area contributed by atoms with E-state index in [1.165, 1.54) is 0 Å². The van der Waals surface area contributed by atoms with Gasteiger partial charge in [-0.05, 0) is 11.5 Å². The zero-order valence-electron chi connectivity index (χ0n) is 9.61. The third-order valence-electron chi connectivity index (χ3n) is 1.88. The van der Waals surface area contributed by atoms with Crippen LogP contribution in [0.2, 0.25) is 0 Å². The second-order valence-electron chi connectivity index (χ2n) is 4.91. The third kappa shape index (κ3) is 3.85. The molecule has 0 atom stereocenters. The quantitative estimate of drug-likeness (QED) is 0.722. The summed E-state index contributed by atoms with van der Waals surface area (Å²) in [5.41, 5.74) is -0.0159. The number of rotatable bonds is 3. The lowest BCUT2D eigenvalue weighted by atomic mass is 9.99. The second-order valence-corrected chi connectivity index (χ2v) is 4.91. The first-order valence-electron chi connectivity index (χ1n) is 5.01. The van der Waals surface area contributed by atoms with Crippen molar-refractivity contribution in [3.8, 4) is 0 Å². The molecule has 90 valence electrons. The first kappa shape index (κ1) is 13.0. The van der Waals surface area contributed by atoms with E-state index in [0.29, 0.717) is 12.7 Å². The van der Waals surface area contributed by atoms with E-state index in [0.717, 1.165) is 6.07 Å². The van der Waals surface area contributed by atoms with E-state index in [1.807, 2.05) is 20.8 Å². The molecule has 0 aliphatic heterocycles. The molecule has 0 aliphatic carbocycles. The van der Waals surface area contributed by atoms with Crippen LogP contribution in [0.15, 0.2) is 12.1 Å². The molecular weight excluding hydrogens is 217 g/mol. The van der Waals surface area contributed by atoms with Crippen molar-refractivity contribution < 1.29 is 17.9 Å². The van der Waals surface area contributed by atoms with Crippen LogP contribution in [-0.4, -0.2) is 6.61 Å². The Morgan fingerprint density at radius 2 is 1.56 bits per heavy atom. The van der Waals surface area contributed by atoms with Gasteiger partial charge in [-0.15, -0.1) is 0 Å². The highest BCUT2D eigenvalue weighted by molar-refractivity contribution is 5.19. The molecule has 0 radical (unpaired) electrons. The molecule has 0 saturated heterocycles. The Bertz CT molecular complexity index is 369. The van der Waals surface area contributed by atoms with E-state index in [1.54, 1.807) is 0 Å². The number of ether oxygens (including phenoxy) is 1. The lowest BCUT2D eigenvalue weighted by molar-refractivity contribution is 0.0581. The van der Waals surface area contributed by atoms with E-state index in [-0.39, 0.29) is 17.6 Å². The maximum Gasteiger partial charge on any atom is 0.161 e. The van der Waals surface area contributed by atoms with E-state index in [4.69, 9.17) is 4.74 Å². The first-order valence-corrected chi connectivity index (χ1v) is 5.01. The van der Waals surface area contributed by atoms with Crippen LogP contribution in [0.5, 0.6) is 0 Å². The molecule has 0 N–H and O–H groups in total. The molecule has 1 aromatic carbocycles. The lowest BCUT2D eigenvalue weighted by Gasteiger charge is -2.18. The molecule has 0 heterocycles. The maximum absolute atomic E-state index is 13.2. The predicted molar refractivity (Wildman–Crippen MR) is 55.4 cm³/mol. The molecule has 0 bridgehead atoms. The molecule has 16 heavy (non-hydrogen) atoms. The SMILES string of the molecule is CC(C)(C)COCc1cc(F)c(F)cc1F. The first-order chi connectivity index (χ1) is 7.29. The molecule has 0 aliphatic rings. The average Bonchev–Trinajstić information content (AvgIpc) is 2.11. The molecule has 1 rings (SSSR count). The van der Waals surface area contributed by atoms with Gasteiger partial charge in [0.15, 0.2) is 11.6 Å². The standard InChI is InChI=1S/C12H15F3O/c1-12(2,3)7-16-6-8-4-10(14)11(15)5-9(8)13/h4-5H,6-7H2,1-3H3. The maximum atomic E-state index is 13.2. The summed E-state index contributed by atoms with van der Waals surface area (Å²) in [4.78, 5) is 0. The summed E-state index contributed by atoms with van der Waals surface area (Å²) < 4.78 is 43.8. The molecule has 1 nitrogen and oxygen atoms in total. The molecule has 0 unspecified atom stereocenters. The number of hydrogen-bond donors (Lipinski definition) is 0. The molecule has 0 amide bonds. The summed E-state index contributed by atoms with van der Waals surface area (Å²) in [7, 11) is 0. The van der Waals surface area contributed by atoms with Gasteiger partial charge in [-0.3, -0.25) is 0 Å². The van der Waals surface area contributed by atoms with Gasteiger partial charge in [0.25, 0.3) is 0 Å². The van der Waals surface area contributed by atoms with Gasteiger partial charge in [0.2, 0.25) is 0 Å². The fraction of sp³-hybridized carbons (Fsp3) is 0.500. The Morgan fingerprint density at radius 3 is 2.12 bits per heavy atom. The van der Waals surface area contributed by atoms with Gasteiger partial charge in [-0.25, -0.2) is 13.2 Å². The smallest absolute Gasteiger partial charge is 0.161 e. The van der Waals surface area contributed by atoms with Crippen molar-refractivity contribution in [2.75, 3.05) is 6.61 Å². The Morgan fingerprint density at radius 1 is 1.00 bits per heavy atom. The van der Waals surface area contributed by atoms with Crippen LogP contribution in [0.1, 0.15) is 26.3 Å². The Kier molecular flexibility index (Phi) is 3.97. The summed E-state index contributed by atoms with van der Waals surface area (Å²) in [5.74, 6) is -3.03. The minimum atomic E-state index is -1.18. The lowest BCUT2D eigenvalue weighted by Crippen LogP contribution is -2.14. The van der Waals surface area contributed by atoms with Crippen molar-refractivity contribution in [3.63, 3.8) is 0 Å². The average molecular weight is 232 g/mol. The van der Waals surface area contributed by atoms with Crippen molar-refractivity contribution in [3.05, 3.63) is 35.1 Å². The van der Waals surface area contributed by atoms with Crippen LogP contribution < -0.4 is 0 Å². The van der Waals surface area contributed by atoms with E-state index in [9.17, 15) is 13.2 Å². The van der Waals surface area contributed by atoms with Crippen molar-refractivity contribution in [1.29, 1.82) is 0 Å². The summed E-state index contributed by atoms with van der Waals surface area (Å²) in [6.45, 7) is 6.27. The zero-order valence-corrected chi connectivity index (χ0v) is 9.61. The summed E-state index contributed by atoms with van der Waals surface area (Å²) in [6.07, 6.45) is 0. The Hall–Kier alpha value is -1.03. The predicted octanol–water partition coefficient (Wildman–Crippen LogP) is 3.67. The van der Waals surface area contributed by atoms with Gasteiger partial charge < -0.3 is 4.74 Å². The highest BCUT2D eigenvalue weighted by Crippen LogP contribution is 2.17. The van der Waals surface area contributed by atoms with Crippen molar-refractivity contribution in [2.24, 2.45) is 5.41 Å². The third-order valence-corrected chi connectivity index (χ3v) is 1.88. The topological polar surface area (TPSA) is 9.23 Å². The van der Waals surface area contributed by atoms with Crippen molar-refractivity contribution in [1.82, 2.24) is 0 Å². The van der Waals surface area contributed by atoms with Crippen LogP contribution in [-0.2, 0) is 11.3 Å². The zero-order chi connectivity index (χ0) is 12.3. The fourth-order valence-electron chi connectivity index (χ4n) is 1.14. The van der Waals surface area contributed by atoms with Crippen LogP contribution in [0.4, 0.5) is 13.2 Å². The van der Waals surface area contributed by atoms with E-state index < -0.39 is 17.5 Å². The number of benzene rings is 1. The van der Waals surface area contributed by atoms with Crippen LogP contribution in [0.25, 0.3) is 0 Å². The van der Waals surface area contributed by atoms with E-state index in [2.05, 4.69) is 0 Å². The normalized spacial score (nSPS) is 11.9. The minimum absolute atomic E-state index is 0.0307. The van der Waals surface area contributed by atoms with Gasteiger partial charge >= 0.3 is 0 Å². The molecule has 0 spiro atoms. The van der Waals surface area contributed by atoms with Gasteiger partial charge in [0.05, 0.1) is 13.2 Å². The molecule has 1 aromatic rings. The highest BCUT2D eigenvalue weighted by atomic mass is 19.2. The van der Waals surface area contributed by atoms with E-state index >= 15 is 0 Å². The molecule has 0 fully saturated rings. The highest BCUT2D eigenvalue weighted by Gasteiger charge is 2.13. The molecule has 4 heteroatoms. The van der Waals surface area contributed by atoms with Gasteiger partial charge in [0.1, 0.15) is 5.82 Å². The Balaban J connectivity index is 2.64. The largest absolute Gasteiger partial charge is 0.376 e. The monoisotopic (exact) mass is 232 g/mol. The van der Waals surface area contributed by atoms with Gasteiger partial charge in [-0.1, -0.05) is 20.8 Å². The summed E-state index contributed by atoms with van der Waals surface area (Å²) in [6, 6.07) is 1.36. The summed E-state index contributed by atoms with van der Waals surface area (Å²) in [5, 5.41) is 0. The molecule has 0 saturated carbocycles.